The predicted octanol–water partition coefficient (Wildman–Crippen LogP) is 1.95. The molecule has 4 rings (SSSR count). The minimum atomic E-state index is -0.377. The Morgan fingerprint density at radius 1 is 1.26 bits per heavy atom. The maximum Gasteiger partial charge on any atom is 0.223 e. The summed E-state index contributed by atoms with van der Waals surface area (Å²) < 4.78 is 18.2. The number of carbonyl (C=O) groups is 1. The second kappa shape index (κ2) is 6.23. The molecule has 1 aromatic rings. The summed E-state index contributed by atoms with van der Waals surface area (Å²) in [5.41, 5.74) is 2.43. The molecule has 5 nitrogen and oxygen atoms in total. The maximum absolute atomic E-state index is 12.8. The molecule has 0 bridgehead atoms. The van der Waals surface area contributed by atoms with Crippen LogP contribution in [0.1, 0.15) is 42.7 Å². The molecule has 0 radical (unpaired) electrons. The van der Waals surface area contributed by atoms with E-state index in [4.69, 9.17) is 4.52 Å². The molecule has 0 N–H and O–H groups in total. The van der Waals surface area contributed by atoms with Gasteiger partial charge in [0.15, 0.2) is 0 Å². The molecule has 2 aliphatic heterocycles. The van der Waals surface area contributed by atoms with Gasteiger partial charge in [-0.1, -0.05) is 5.16 Å². The van der Waals surface area contributed by atoms with E-state index in [1.807, 2.05) is 4.90 Å². The lowest BCUT2D eigenvalue weighted by Crippen LogP contribution is -2.45. The van der Waals surface area contributed by atoms with Crippen LogP contribution in [0, 0.1) is 5.92 Å². The molecule has 0 aromatic carbocycles. The molecular formula is C17H24FN3O2. The summed E-state index contributed by atoms with van der Waals surface area (Å²) >= 11 is 0. The number of halogens is 1. The quantitative estimate of drug-likeness (QED) is 0.850. The Labute approximate surface area is 135 Å². The fourth-order valence-electron chi connectivity index (χ4n) is 4.28. The number of hydrogen-bond donors (Lipinski definition) is 0. The Kier molecular flexibility index (Phi) is 4.09. The fraction of sp³-hybridized carbons (Fsp3) is 0.765. The van der Waals surface area contributed by atoms with Crippen molar-refractivity contribution in [2.45, 2.75) is 51.1 Å². The van der Waals surface area contributed by atoms with Crippen LogP contribution in [0.25, 0.3) is 0 Å². The smallest absolute Gasteiger partial charge is 0.223 e. The molecule has 1 aromatic heterocycles. The third-order valence-electron chi connectivity index (χ3n) is 5.61. The average molecular weight is 321 g/mol. The van der Waals surface area contributed by atoms with Crippen molar-refractivity contribution in [2.24, 2.45) is 5.92 Å². The van der Waals surface area contributed by atoms with Crippen molar-refractivity contribution >= 4 is 5.91 Å². The summed E-state index contributed by atoms with van der Waals surface area (Å²) in [5.74, 6) is 1.13. The molecule has 1 atom stereocenters. The Morgan fingerprint density at radius 2 is 2.09 bits per heavy atom. The number of carbonyl (C=O) groups excluding carboxylic acids is 1. The normalized spacial score (nSPS) is 26.2. The molecule has 1 aliphatic carbocycles. The Bertz CT molecular complexity index is 580. The third-order valence-corrected chi connectivity index (χ3v) is 5.61. The van der Waals surface area contributed by atoms with E-state index in [-0.39, 0.29) is 18.5 Å². The highest BCUT2D eigenvalue weighted by molar-refractivity contribution is 5.79. The lowest BCUT2D eigenvalue weighted by Gasteiger charge is -2.36. The number of rotatable bonds is 4. The lowest BCUT2D eigenvalue weighted by atomic mass is 10.0. The van der Waals surface area contributed by atoms with Gasteiger partial charge in [0.25, 0.3) is 0 Å². The first-order valence-electron chi connectivity index (χ1n) is 8.78. The zero-order chi connectivity index (χ0) is 15.8. The summed E-state index contributed by atoms with van der Waals surface area (Å²) in [6, 6.07) is 0.290. The minimum Gasteiger partial charge on any atom is -0.361 e. The van der Waals surface area contributed by atoms with E-state index in [0.29, 0.717) is 19.0 Å². The molecule has 1 amide bonds. The van der Waals surface area contributed by atoms with Gasteiger partial charge in [0.05, 0.1) is 6.67 Å². The number of piperidine rings is 1. The van der Waals surface area contributed by atoms with Crippen molar-refractivity contribution in [3.8, 4) is 0 Å². The number of aryl methyl sites for hydroxylation is 1. The number of alkyl halides is 1. The predicted molar refractivity (Wildman–Crippen MR) is 82.6 cm³/mol. The minimum absolute atomic E-state index is 0.0850. The van der Waals surface area contributed by atoms with Crippen LogP contribution in [0.3, 0.4) is 0 Å². The van der Waals surface area contributed by atoms with Gasteiger partial charge in [-0.25, -0.2) is 0 Å². The molecule has 0 saturated carbocycles. The number of nitrogens with zero attached hydrogens (tertiary/aromatic N) is 3. The van der Waals surface area contributed by atoms with Crippen molar-refractivity contribution in [3.05, 3.63) is 17.0 Å². The van der Waals surface area contributed by atoms with E-state index in [9.17, 15) is 9.18 Å². The van der Waals surface area contributed by atoms with E-state index >= 15 is 0 Å². The zero-order valence-corrected chi connectivity index (χ0v) is 13.5. The van der Waals surface area contributed by atoms with Crippen LogP contribution in [0.5, 0.6) is 0 Å². The van der Waals surface area contributed by atoms with E-state index < -0.39 is 0 Å². The van der Waals surface area contributed by atoms with E-state index in [0.717, 1.165) is 56.8 Å². The van der Waals surface area contributed by atoms with Gasteiger partial charge >= 0.3 is 0 Å². The molecule has 6 heteroatoms. The van der Waals surface area contributed by atoms with E-state index in [1.165, 1.54) is 12.0 Å². The number of aromatic nitrogens is 1. The fourth-order valence-corrected chi connectivity index (χ4v) is 4.28. The Balaban J connectivity index is 1.32. The van der Waals surface area contributed by atoms with Crippen LogP contribution in [0.2, 0.25) is 0 Å². The van der Waals surface area contributed by atoms with Gasteiger partial charge < -0.3 is 9.42 Å². The Hall–Kier alpha value is -1.43. The van der Waals surface area contributed by atoms with E-state index in [2.05, 4.69) is 10.1 Å². The van der Waals surface area contributed by atoms with Gasteiger partial charge in [-0.05, 0) is 25.7 Å². The number of amides is 1. The van der Waals surface area contributed by atoms with Gasteiger partial charge in [0.2, 0.25) is 5.91 Å². The summed E-state index contributed by atoms with van der Waals surface area (Å²) in [5, 5.41) is 4.24. The summed E-state index contributed by atoms with van der Waals surface area (Å²) in [6.07, 6.45) is 5.64. The van der Waals surface area contributed by atoms with Crippen LogP contribution < -0.4 is 0 Å². The second-order valence-corrected chi connectivity index (χ2v) is 7.16. The van der Waals surface area contributed by atoms with Crippen molar-refractivity contribution in [1.29, 1.82) is 0 Å². The van der Waals surface area contributed by atoms with Crippen LogP contribution in [0.4, 0.5) is 4.39 Å². The molecule has 23 heavy (non-hydrogen) atoms. The molecule has 3 heterocycles. The van der Waals surface area contributed by atoms with Crippen molar-refractivity contribution < 1.29 is 13.7 Å². The highest BCUT2D eigenvalue weighted by Crippen LogP contribution is 2.28. The molecule has 126 valence electrons. The molecule has 3 aliphatic rings. The van der Waals surface area contributed by atoms with Crippen LogP contribution >= 0.6 is 0 Å². The SMILES string of the molecule is O=C1CC(CF)CN1C1CCN(Cc2noc3c2CCC3)CC1. The second-order valence-electron chi connectivity index (χ2n) is 7.16. The first kappa shape index (κ1) is 15.1. The van der Waals surface area contributed by atoms with Gasteiger partial charge in [0.1, 0.15) is 11.5 Å². The highest BCUT2D eigenvalue weighted by Gasteiger charge is 2.36. The summed E-state index contributed by atoms with van der Waals surface area (Å²) in [4.78, 5) is 16.4. The summed E-state index contributed by atoms with van der Waals surface area (Å²) in [6.45, 7) is 3.02. The van der Waals surface area contributed by atoms with Crippen molar-refractivity contribution in [2.75, 3.05) is 26.3 Å². The lowest BCUT2D eigenvalue weighted by molar-refractivity contribution is -0.130. The van der Waals surface area contributed by atoms with Gasteiger partial charge in [-0.3, -0.25) is 14.1 Å². The maximum atomic E-state index is 12.8. The van der Waals surface area contributed by atoms with Crippen LogP contribution in [-0.4, -0.2) is 53.2 Å². The van der Waals surface area contributed by atoms with Crippen molar-refractivity contribution in [1.82, 2.24) is 15.0 Å². The summed E-state index contributed by atoms with van der Waals surface area (Å²) in [7, 11) is 0. The first-order chi connectivity index (χ1) is 11.2. The van der Waals surface area contributed by atoms with Crippen molar-refractivity contribution in [3.63, 3.8) is 0 Å². The van der Waals surface area contributed by atoms with Gasteiger partial charge in [0, 0.05) is 56.5 Å². The van der Waals surface area contributed by atoms with Gasteiger partial charge in [-0.15, -0.1) is 0 Å². The Morgan fingerprint density at radius 3 is 2.83 bits per heavy atom. The molecule has 0 spiro atoms. The topological polar surface area (TPSA) is 49.6 Å². The number of likely N-dealkylation sites (tertiary alicyclic amines) is 2. The highest BCUT2D eigenvalue weighted by atomic mass is 19.1. The first-order valence-corrected chi connectivity index (χ1v) is 8.78. The standard InChI is InChI=1S/C17H24FN3O2/c18-9-12-8-17(22)21(10-12)13-4-6-20(7-5-13)11-15-14-2-1-3-16(14)23-19-15/h12-13H,1-11H2. The molecular weight excluding hydrogens is 297 g/mol. The van der Waals surface area contributed by atoms with Crippen LogP contribution in [-0.2, 0) is 24.2 Å². The largest absolute Gasteiger partial charge is 0.361 e. The monoisotopic (exact) mass is 321 g/mol. The molecule has 2 saturated heterocycles. The average Bonchev–Trinajstić information content (AvgIpc) is 3.25. The molecule has 1 unspecified atom stereocenters. The molecule has 2 fully saturated rings. The van der Waals surface area contributed by atoms with Crippen LogP contribution in [0.15, 0.2) is 4.52 Å². The third kappa shape index (κ3) is 2.89. The zero-order valence-electron chi connectivity index (χ0n) is 13.5. The van der Waals surface area contributed by atoms with E-state index in [1.54, 1.807) is 0 Å². The number of hydrogen-bond acceptors (Lipinski definition) is 4. The number of fused-ring (bicyclic) bond motifs is 1. The van der Waals surface area contributed by atoms with Gasteiger partial charge in [-0.2, -0.15) is 0 Å².